The number of para-hydroxylation sites is 2. The molecule has 1 amide bonds. The predicted octanol–water partition coefficient (Wildman–Crippen LogP) is 4.20. The normalized spacial score (nSPS) is 13.3. The SMILES string of the molecule is CCOCCCn1c(NC(=O)c2ccc(NC3CC3)c([N+](=O)[O-])c2)nc2ccccc21. The van der Waals surface area contributed by atoms with Crippen LogP contribution < -0.4 is 10.6 Å². The molecule has 1 fully saturated rings. The summed E-state index contributed by atoms with van der Waals surface area (Å²) in [4.78, 5) is 28.5. The van der Waals surface area contributed by atoms with Gasteiger partial charge in [-0.3, -0.25) is 20.2 Å². The summed E-state index contributed by atoms with van der Waals surface area (Å²) in [5.74, 6) is -0.0343. The van der Waals surface area contributed by atoms with Gasteiger partial charge < -0.3 is 14.6 Å². The van der Waals surface area contributed by atoms with Crippen LogP contribution in [0.5, 0.6) is 0 Å². The molecule has 2 aromatic carbocycles. The fourth-order valence-corrected chi connectivity index (χ4v) is 3.43. The van der Waals surface area contributed by atoms with E-state index in [1.165, 1.54) is 6.07 Å². The Labute approximate surface area is 179 Å². The highest BCUT2D eigenvalue weighted by Gasteiger charge is 2.26. The van der Waals surface area contributed by atoms with Crippen molar-refractivity contribution in [2.75, 3.05) is 23.8 Å². The molecule has 162 valence electrons. The first-order chi connectivity index (χ1) is 15.1. The lowest BCUT2D eigenvalue weighted by Crippen LogP contribution is -2.17. The molecular weight excluding hydrogens is 398 g/mol. The zero-order valence-corrected chi connectivity index (χ0v) is 17.3. The highest BCUT2D eigenvalue weighted by atomic mass is 16.6. The van der Waals surface area contributed by atoms with Gasteiger partial charge in [0.15, 0.2) is 0 Å². The molecule has 31 heavy (non-hydrogen) atoms. The summed E-state index contributed by atoms with van der Waals surface area (Å²) in [7, 11) is 0. The van der Waals surface area contributed by atoms with Crippen LogP contribution in [0.3, 0.4) is 0 Å². The number of nitro groups is 1. The van der Waals surface area contributed by atoms with Crippen molar-refractivity contribution < 1.29 is 14.5 Å². The van der Waals surface area contributed by atoms with Gasteiger partial charge in [0, 0.05) is 37.4 Å². The van der Waals surface area contributed by atoms with Crippen molar-refractivity contribution in [3.8, 4) is 0 Å². The van der Waals surface area contributed by atoms with Crippen molar-refractivity contribution >= 4 is 34.3 Å². The van der Waals surface area contributed by atoms with E-state index in [9.17, 15) is 14.9 Å². The van der Waals surface area contributed by atoms with Crippen LogP contribution in [-0.4, -0.2) is 39.6 Å². The average molecular weight is 423 g/mol. The molecule has 1 saturated carbocycles. The van der Waals surface area contributed by atoms with E-state index < -0.39 is 10.8 Å². The van der Waals surface area contributed by atoms with Crippen LogP contribution in [0.2, 0.25) is 0 Å². The Kier molecular flexibility index (Phi) is 6.13. The number of nitro benzene ring substituents is 1. The van der Waals surface area contributed by atoms with Crippen LogP contribution in [-0.2, 0) is 11.3 Å². The highest BCUT2D eigenvalue weighted by Crippen LogP contribution is 2.32. The fourth-order valence-electron chi connectivity index (χ4n) is 3.43. The van der Waals surface area contributed by atoms with Crippen LogP contribution in [0.1, 0.15) is 36.5 Å². The molecule has 9 heteroatoms. The lowest BCUT2D eigenvalue weighted by molar-refractivity contribution is -0.384. The first-order valence-corrected chi connectivity index (χ1v) is 10.5. The molecule has 2 N–H and O–H groups in total. The van der Waals surface area contributed by atoms with Crippen LogP contribution >= 0.6 is 0 Å². The van der Waals surface area contributed by atoms with Gasteiger partial charge in [-0.05, 0) is 50.5 Å². The molecule has 0 unspecified atom stereocenters. The van der Waals surface area contributed by atoms with Gasteiger partial charge in [0.05, 0.1) is 16.0 Å². The maximum atomic E-state index is 12.9. The number of benzene rings is 2. The second kappa shape index (κ2) is 9.13. The monoisotopic (exact) mass is 423 g/mol. The fraction of sp³-hybridized carbons (Fsp3) is 0.364. The van der Waals surface area contributed by atoms with E-state index in [-0.39, 0.29) is 17.3 Å². The summed E-state index contributed by atoms with van der Waals surface area (Å²) < 4.78 is 7.36. The number of nitrogens with zero attached hydrogens (tertiary/aromatic N) is 3. The molecule has 1 aromatic heterocycles. The number of amides is 1. The zero-order chi connectivity index (χ0) is 21.8. The molecule has 4 rings (SSSR count). The molecule has 0 bridgehead atoms. The molecule has 1 aliphatic rings. The topological polar surface area (TPSA) is 111 Å². The summed E-state index contributed by atoms with van der Waals surface area (Å²) in [5, 5.41) is 17.5. The van der Waals surface area contributed by atoms with E-state index >= 15 is 0 Å². The molecule has 0 aliphatic heterocycles. The van der Waals surface area contributed by atoms with Crippen molar-refractivity contribution in [3.63, 3.8) is 0 Å². The number of carbonyl (C=O) groups is 1. The Morgan fingerprint density at radius 3 is 2.84 bits per heavy atom. The van der Waals surface area contributed by atoms with Gasteiger partial charge in [-0.15, -0.1) is 0 Å². The number of ether oxygens (including phenoxy) is 1. The Morgan fingerprint density at radius 2 is 2.10 bits per heavy atom. The Bertz CT molecular complexity index is 1110. The third-order valence-electron chi connectivity index (χ3n) is 5.15. The standard InChI is InChI=1S/C22H25N5O4/c1-2-31-13-5-12-26-19-7-4-3-6-17(19)24-22(26)25-21(28)15-8-11-18(23-16-9-10-16)20(14-15)27(29)30/h3-4,6-8,11,14,16,23H,2,5,9-10,12-13H2,1H3,(H,24,25,28). The summed E-state index contributed by atoms with van der Waals surface area (Å²) >= 11 is 0. The number of carbonyl (C=O) groups excluding carboxylic acids is 1. The average Bonchev–Trinajstić information content (AvgIpc) is 3.51. The van der Waals surface area contributed by atoms with Crippen molar-refractivity contribution in [2.45, 2.75) is 38.8 Å². The van der Waals surface area contributed by atoms with Crippen molar-refractivity contribution in [1.29, 1.82) is 0 Å². The number of hydrogen-bond acceptors (Lipinski definition) is 6. The van der Waals surface area contributed by atoms with Gasteiger partial charge in [0.1, 0.15) is 5.69 Å². The van der Waals surface area contributed by atoms with Gasteiger partial charge in [-0.25, -0.2) is 4.98 Å². The molecule has 0 radical (unpaired) electrons. The quantitative estimate of drug-likeness (QED) is 0.287. The first-order valence-electron chi connectivity index (χ1n) is 10.5. The molecule has 1 heterocycles. The van der Waals surface area contributed by atoms with Crippen LogP contribution in [0.15, 0.2) is 42.5 Å². The second-order valence-corrected chi connectivity index (χ2v) is 7.49. The number of rotatable bonds is 10. The number of hydrogen-bond donors (Lipinski definition) is 2. The van der Waals surface area contributed by atoms with E-state index in [0.29, 0.717) is 31.4 Å². The van der Waals surface area contributed by atoms with Gasteiger partial charge >= 0.3 is 0 Å². The third kappa shape index (κ3) is 4.83. The predicted molar refractivity (Wildman–Crippen MR) is 119 cm³/mol. The van der Waals surface area contributed by atoms with Crippen molar-refractivity contribution in [1.82, 2.24) is 9.55 Å². The van der Waals surface area contributed by atoms with Crippen molar-refractivity contribution in [3.05, 3.63) is 58.1 Å². The summed E-state index contributed by atoms with van der Waals surface area (Å²) in [5.41, 5.74) is 2.21. The lowest BCUT2D eigenvalue weighted by atomic mass is 10.1. The number of fused-ring (bicyclic) bond motifs is 1. The number of nitrogens with one attached hydrogen (secondary N) is 2. The van der Waals surface area contributed by atoms with E-state index in [1.54, 1.807) is 12.1 Å². The second-order valence-electron chi connectivity index (χ2n) is 7.49. The van der Waals surface area contributed by atoms with Gasteiger partial charge in [-0.2, -0.15) is 0 Å². The number of anilines is 2. The number of imidazole rings is 1. The molecular formula is C22H25N5O4. The Morgan fingerprint density at radius 1 is 1.29 bits per heavy atom. The van der Waals surface area contributed by atoms with E-state index in [0.717, 1.165) is 30.3 Å². The van der Waals surface area contributed by atoms with E-state index in [4.69, 9.17) is 4.74 Å². The Balaban J connectivity index is 1.57. The van der Waals surface area contributed by atoms with E-state index in [1.807, 2.05) is 35.8 Å². The molecule has 0 spiro atoms. The number of aryl methyl sites for hydroxylation is 1. The minimum atomic E-state index is -0.468. The summed E-state index contributed by atoms with van der Waals surface area (Å²) in [6.45, 7) is 3.83. The largest absolute Gasteiger partial charge is 0.382 e. The molecule has 9 nitrogen and oxygen atoms in total. The molecule has 3 aromatic rings. The lowest BCUT2D eigenvalue weighted by Gasteiger charge is -2.11. The number of aromatic nitrogens is 2. The minimum Gasteiger partial charge on any atom is -0.382 e. The summed E-state index contributed by atoms with van der Waals surface area (Å²) in [6.07, 6.45) is 2.77. The van der Waals surface area contributed by atoms with E-state index in [2.05, 4.69) is 15.6 Å². The van der Waals surface area contributed by atoms with Crippen molar-refractivity contribution in [2.24, 2.45) is 0 Å². The van der Waals surface area contributed by atoms with Crippen LogP contribution in [0, 0.1) is 10.1 Å². The van der Waals surface area contributed by atoms with Gasteiger partial charge in [0.2, 0.25) is 5.95 Å². The molecule has 0 atom stereocenters. The zero-order valence-electron chi connectivity index (χ0n) is 17.3. The smallest absolute Gasteiger partial charge is 0.293 e. The minimum absolute atomic E-state index is 0.107. The van der Waals surface area contributed by atoms with Gasteiger partial charge in [-0.1, -0.05) is 12.1 Å². The highest BCUT2D eigenvalue weighted by molar-refractivity contribution is 6.05. The molecule has 1 aliphatic carbocycles. The maximum absolute atomic E-state index is 12.9. The van der Waals surface area contributed by atoms with Crippen LogP contribution in [0.25, 0.3) is 11.0 Å². The van der Waals surface area contributed by atoms with Gasteiger partial charge in [0.25, 0.3) is 11.6 Å². The Hall–Kier alpha value is -3.46. The van der Waals surface area contributed by atoms with Crippen LogP contribution in [0.4, 0.5) is 17.3 Å². The third-order valence-corrected chi connectivity index (χ3v) is 5.15. The molecule has 0 saturated heterocycles. The maximum Gasteiger partial charge on any atom is 0.293 e. The first kappa shape index (κ1) is 20.8. The summed E-state index contributed by atoms with van der Waals surface area (Å²) in [6, 6.07) is 12.4.